The number of hydrogen-bond acceptors (Lipinski definition) is 10. The van der Waals surface area contributed by atoms with Crippen molar-refractivity contribution < 1.29 is 35.5 Å². The van der Waals surface area contributed by atoms with Gasteiger partial charge in [0.05, 0.1) is 5.69 Å². The molecule has 0 fully saturated rings. The number of carbonyl (C=O) groups excluding carboxylic acids is 1. The fourth-order valence-corrected chi connectivity index (χ4v) is 4.54. The number of amides is 1. The summed E-state index contributed by atoms with van der Waals surface area (Å²) in [5.41, 5.74) is -0.596. The van der Waals surface area contributed by atoms with Gasteiger partial charge in [-0.1, -0.05) is 13.8 Å². The fourth-order valence-electron chi connectivity index (χ4n) is 4.01. The molecule has 14 nitrogen and oxygen atoms in total. The summed E-state index contributed by atoms with van der Waals surface area (Å²) < 4.78 is 71.5. The standard InChI is InChI=1S/C27H23F2N7O7S/c1-14(2)26(43-44(39,40)41)33-24-22-21(10-11-30-23(22)34-35-24)42-20-8-5-16(13-19(20)29)32-25(37)18-9-12-31-36(27(18)38)17-6-3-15(28)4-7-17/h3-14,26H,1-2H3,(H,32,37)(H,39,40,41)(H2,30,33,34,35). The molecule has 0 aliphatic heterocycles. The van der Waals surface area contributed by atoms with Crippen molar-refractivity contribution in [1.29, 1.82) is 0 Å². The minimum Gasteiger partial charge on any atom is -0.453 e. The molecule has 1 amide bonds. The van der Waals surface area contributed by atoms with E-state index in [2.05, 4.69) is 35.1 Å². The summed E-state index contributed by atoms with van der Waals surface area (Å²) >= 11 is 0. The van der Waals surface area contributed by atoms with Gasteiger partial charge in [-0.05, 0) is 48.4 Å². The topological polar surface area (TPSA) is 190 Å². The predicted octanol–water partition coefficient (Wildman–Crippen LogP) is 4.04. The van der Waals surface area contributed by atoms with Crippen LogP contribution in [0.25, 0.3) is 16.7 Å². The van der Waals surface area contributed by atoms with Gasteiger partial charge in [0.2, 0.25) is 0 Å². The van der Waals surface area contributed by atoms with Crippen LogP contribution in [0.4, 0.5) is 20.3 Å². The summed E-state index contributed by atoms with van der Waals surface area (Å²) in [5, 5.41) is 16.1. The summed E-state index contributed by atoms with van der Waals surface area (Å²) in [5.74, 6) is -2.78. The van der Waals surface area contributed by atoms with Crippen molar-refractivity contribution in [3.8, 4) is 17.2 Å². The van der Waals surface area contributed by atoms with Gasteiger partial charge in [-0.2, -0.15) is 23.3 Å². The molecule has 2 aromatic carbocycles. The molecule has 3 heterocycles. The summed E-state index contributed by atoms with van der Waals surface area (Å²) in [4.78, 5) is 29.9. The van der Waals surface area contributed by atoms with Gasteiger partial charge >= 0.3 is 10.4 Å². The molecule has 1 unspecified atom stereocenters. The third-order valence-corrected chi connectivity index (χ3v) is 6.56. The number of halogens is 2. The van der Waals surface area contributed by atoms with E-state index < -0.39 is 45.6 Å². The first-order chi connectivity index (χ1) is 20.9. The van der Waals surface area contributed by atoms with Gasteiger partial charge < -0.3 is 15.4 Å². The van der Waals surface area contributed by atoms with Crippen molar-refractivity contribution in [2.45, 2.75) is 20.1 Å². The Morgan fingerprint density at radius 2 is 1.80 bits per heavy atom. The van der Waals surface area contributed by atoms with E-state index in [-0.39, 0.29) is 45.3 Å². The zero-order valence-corrected chi connectivity index (χ0v) is 23.7. The average Bonchev–Trinajstić information content (AvgIpc) is 3.37. The van der Waals surface area contributed by atoms with Crippen molar-refractivity contribution in [1.82, 2.24) is 25.0 Å². The van der Waals surface area contributed by atoms with Crippen molar-refractivity contribution >= 4 is 38.8 Å². The van der Waals surface area contributed by atoms with Crippen LogP contribution in [0.5, 0.6) is 11.5 Å². The number of aromatic nitrogens is 5. The fraction of sp³-hybridized carbons (Fsp3) is 0.148. The lowest BCUT2D eigenvalue weighted by molar-refractivity contribution is 0.102. The zero-order chi connectivity index (χ0) is 31.6. The lowest BCUT2D eigenvalue weighted by Gasteiger charge is -2.20. The van der Waals surface area contributed by atoms with E-state index >= 15 is 4.39 Å². The van der Waals surface area contributed by atoms with Gasteiger partial charge in [0, 0.05) is 30.2 Å². The number of nitrogens with one attached hydrogen (secondary N) is 3. The first-order valence-corrected chi connectivity index (χ1v) is 14.1. The number of H-pyrrole nitrogens is 1. The van der Waals surface area contributed by atoms with Gasteiger partial charge in [0.25, 0.3) is 11.5 Å². The number of benzene rings is 2. The smallest absolute Gasteiger partial charge is 0.399 e. The largest absolute Gasteiger partial charge is 0.453 e. The highest BCUT2D eigenvalue weighted by molar-refractivity contribution is 7.80. The molecular formula is C27H23F2N7O7S. The van der Waals surface area contributed by atoms with Crippen LogP contribution in [0, 0.1) is 17.6 Å². The van der Waals surface area contributed by atoms with E-state index in [1.807, 2.05) is 0 Å². The molecule has 3 aromatic heterocycles. The molecule has 1 atom stereocenters. The van der Waals surface area contributed by atoms with Gasteiger partial charge in [-0.25, -0.2) is 17.9 Å². The van der Waals surface area contributed by atoms with Crippen LogP contribution >= 0.6 is 0 Å². The van der Waals surface area contributed by atoms with Gasteiger partial charge in [0.1, 0.15) is 22.5 Å². The van der Waals surface area contributed by atoms with Crippen LogP contribution in [-0.2, 0) is 14.6 Å². The van der Waals surface area contributed by atoms with E-state index in [4.69, 9.17) is 9.29 Å². The molecule has 0 saturated heterocycles. The molecule has 0 aliphatic rings. The normalized spacial score (nSPS) is 12.3. The second kappa shape index (κ2) is 12.2. The van der Waals surface area contributed by atoms with E-state index in [0.717, 1.165) is 22.9 Å². The number of nitrogens with zero attached hydrogens (tertiary/aromatic N) is 4. The Kier molecular flexibility index (Phi) is 8.34. The van der Waals surface area contributed by atoms with Crippen molar-refractivity contribution in [2.75, 3.05) is 10.6 Å². The first kappa shape index (κ1) is 30.2. The monoisotopic (exact) mass is 627 g/mol. The van der Waals surface area contributed by atoms with E-state index in [0.29, 0.717) is 0 Å². The van der Waals surface area contributed by atoms with Crippen LogP contribution < -0.4 is 20.9 Å². The molecule has 0 spiro atoms. The van der Waals surface area contributed by atoms with Crippen molar-refractivity contribution in [3.05, 3.63) is 94.5 Å². The number of rotatable bonds is 10. The minimum absolute atomic E-state index is 0.0112. The molecule has 0 bridgehead atoms. The maximum atomic E-state index is 15.2. The minimum atomic E-state index is -4.80. The van der Waals surface area contributed by atoms with E-state index in [1.54, 1.807) is 13.8 Å². The predicted molar refractivity (Wildman–Crippen MR) is 153 cm³/mol. The number of hydrogen-bond donors (Lipinski definition) is 4. The Morgan fingerprint density at radius 1 is 1.05 bits per heavy atom. The maximum Gasteiger partial charge on any atom is 0.399 e. The Morgan fingerprint density at radius 3 is 2.48 bits per heavy atom. The summed E-state index contributed by atoms with van der Waals surface area (Å²) in [6.07, 6.45) is 1.38. The molecule has 0 aliphatic carbocycles. The van der Waals surface area contributed by atoms with Gasteiger partial charge in [0.15, 0.2) is 29.3 Å². The number of fused-ring (bicyclic) bond motifs is 1. The highest BCUT2D eigenvalue weighted by Gasteiger charge is 2.24. The number of aromatic amines is 1. The van der Waals surface area contributed by atoms with Crippen molar-refractivity contribution in [3.63, 3.8) is 0 Å². The van der Waals surface area contributed by atoms with Crippen LogP contribution in [0.3, 0.4) is 0 Å². The number of ether oxygens (including phenoxy) is 1. The van der Waals surface area contributed by atoms with Crippen molar-refractivity contribution in [2.24, 2.45) is 5.92 Å². The number of carbonyl (C=O) groups is 1. The van der Waals surface area contributed by atoms with Crippen LogP contribution in [0.15, 0.2) is 71.8 Å². The average molecular weight is 628 g/mol. The van der Waals surface area contributed by atoms with Gasteiger partial charge in [-0.3, -0.25) is 19.2 Å². The lowest BCUT2D eigenvalue weighted by Crippen LogP contribution is -2.31. The van der Waals surface area contributed by atoms with Crippen LogP contribution in [0.1, 0.15) is 24.2 Å². The Hall–Kier alpha value is -5.26. The number of pyridine rings is 1. The van der Waals surface area contributed by atoms with Gasteiger partial charge in [-0.15, -0.1) is 0 Å². The lowest BCUT2D eigenvalue weighted by atomic mass is 10.2. The third kappa shape index (κ3) is 6.69. The molecule has 0 saturated carbocycles. The van der Waals surface area contributed by atoms with Crippen LogP contribution in [-0.4, -0.2) is 50.1 Å². The summed E-state index contributed by atoms with van der Waals surface area (Å²) in [7, 11) is -4.80. The highest BCUT2D eigenvalue weighted by atomic mass is 32.3. The second-order valence-electron chi connectivity index (χ2n) is 9.58. The van der Waals surface area contributed by atoms with E-state index in [9.17, 15) is 22.4 Å². The van der Waals surface area contributed by atoms with E-state index in [1.165, 1.54) is 48.8 Å². The molecule has 4 N–H and O–H groups in total. The number of anilines is 2. The second-order valence-corrected chi connectivity index (χ2v) is 10.6. The first-order valence-electron chi connectivity index (χ1n) is 12.8. The molecule has 228 valence electrons. The quantitative estimate of drug-likeness (QED) is 0.129. The summed E-state index contributed by atoms with van der Waals surface area (Å²) in [6.45, 7) is 3.28. The van der Waals surface area contributed by atoms with Crippen LogP contribution in [0.2, 0.25) is 0 Å². The highest BCUT2D eigenvalue weighted by Crippen LogP contribution is 2.35. The molecule has 44 heavy (non-hydrogen) atoms. The Bertz CT molecular complexity index is 2020. The third-order valence-electron chi connectivity index (χ3n) is 6.10. The Balaban J connectivity index is 1.36. The zero-order valence-electron chi connectivity index (χ0n) is 22.9. The summed E-state index contributed by atoms with van der Waals surface area (Å²) in [6, 6.07) is 11.1. The molecule has 17 heteroatoms. The molecular weight excluding hydrogens is 604 g/mol. The maximum absolute atomic E-state index is 15.2. The molecule has 5 aromatic rings. The molecule has 0 radical (unpaired) electrons. The SMILES string of the molecule is CC(C)C(Nc1n[nH]c2nccc(Oc3ccc(NC(=O)c4ccnn(-c5ccc(F)cc5)c4=O)cc3F)c12)OS(=O)(=O)O. The molecule has 5 rings (SSSR count). The Labute approximate surface area is 247 Å².